The number of methoxy groups -OCH3 is 1. The molecule has 2 rings (SSSR count). The first-order valence-corrected chi connectivity index (χ1v) is 6.07. The van der Waals surface area contributed by atoms with E-state index in [4.69, 9.17) is 4.74 Å². The smallest absolute Gasteiger partial charge is 0.149 e. The summed E-state index contributed by atoms with van der Waals surface area (Å²) in [5.41, 5.74) is 0.392. The first-order chi connectivity index (χ1) is 9.52. The summed E-state index contributed by atoms with van der Waals surface area (Å²) >= 11 is 0. The highest BCUT2D eigenvalue weighted by atomic mass is 19.1. The van der Waals surface area contributed by atoms with Crippen molar-refractivity contribution >= 4 is 5.69 Å². The molecule has 0 saturated heterocycles. The molecule has 0 fully saturated rings. The molecular weight excluding hydrogens is 267 g/mol. The summed E-state index contributed by atoms with van der Waals surface area (Å²) in [5, 5.41) is 2.81. The lowest BCUT2D eigenvalue weighted by Gasteiger charge is -2.19. The molecule has 20 heavy (non-hydrogen) atoms. The summed E-state index contributed by atoms with van der Waals surface area (Å²) in [4.78, 5) is 0. The van der Waals surface area contributed by atoms with Crippen LogP contribution in [0.15, 0.2) is 36.4 Å². The van der Waals surface area contributed by atoms with Crippen molar-refractivity contribution in [3.05, 3.63) is 59.4 Å². The minimum absolute atomic E-state index is 0.101. The minimum Gasteiger partial charge on any atom is -0.496 e. The normalized spacial score (nSPS) is 12.1. The van der Waals surface area contributed by atoms with Gasteiger partial charge in [0.2, 0.25) is 0 Å². The second-order valence-corrected chi connectivity index (χ2v) is 4.35. The number of nitrogens with one attached hydrogen (secondary N) is 1. The Labute approximate surface area is 115 Å². The van der Waals surface area contributed by atoms with Crippen molar-refractivity contribution < 1.29 is 17.9 Å². The van der Waals surface area contributed by atoms with E-state index in [1.165, 1.54) is 25.3 Å². The van der Waals surface area contributed by atoms with Crippen LogP contribution in [0, 0.1) is 17.5 Å². The quantitative estimate of drug-likeness (QED) is 0.902. The SMILES string of the molecule is COc1cccc(F)c1C(C)Nc1ccc(F)cc1F. The number of hydrogen-bond acceptors (Lipinski definition) is 2. The third kappa shape index (κ3) is 2.87. The Hall–Kier alpha value is -2.17. The van der Waals surface area contributed by atoms with Gasteiger partial charge < -0.3 is 10.1 Å². The Kier molecular flexibility index (Phi) is 4.17. The second kappa shape index (κ2) is 5.86. The Bertz CT molecular complexity index is 616. The molecule has 1 unspecified atom stereocenters. The number of rotatable bonds is 4. The lowest BCUT2D eigenvalue weighted by atomic mass is 10.1. The first-order valence-electron chi connectivity index (χ1n) is 6.07. The highest BCUT2D eigenvalue weighted by molar-refractivity contribution is 5.49. The predicted molar refractivity (Wildman–Crippen MR) is 71.3 cm³/mol. The van der Waals surface area contributed by atoms with Crippen LogP contribution in [0.3, 0.4) is 0 Å². The summed E-state index contributed by atoms with van der Waals surface area (Å²) < 4.78 is 45.4. The van der Waals surface area contributed by atoms with Gasteiger partial charge in [0.25, 0.3) is 0 Å². The zero-order valence-electron chi connectivity index (χ0n) is 11.1. The maximum Gasteiger partial charge on any atom is 0.149 e. The zero-order valence-corrected chi connectivity index (χ0v) is 11.1. The van der Waals surface area contributed by atoms with Gasteiger partial charge in [-0.3, -0.25) is 0 Å². The molecule has 0 aliphatic heterocycles. The van der Waals surface area contributed by atoms with Crippen molar-refractivity contribution in [2.75, 3.05) is 12.4 Å². The van der Waals surface area contributed by atoms with E-state index in [-0.39, 0.29) is 5.69 Å². The van der Waals surface area contributed by atoms with Crippen LogP contribution in [-0.2, 0) is 0 Å². The lowest BCUT2D eigenvalue weighted by molar-refractivity contribution is 0.402. The van der Waals surface area contributed by atoms with Gasteiger partial charge in [-0.15, -0.1) is 0 Å². The Morgan fingerprint density at radius 2 is 1.80 bits per heavy atom. The van der Waals surface area contributed by atoms with Crippen molar-refractivity contribution in [2.45, 2.75) is 13.0 Å². The van der Waals surface area contributed by atoms with E-state index in [0.29, 0.717) is 11.3 Å². The van der Waals surface area contributed by atoms with Crippen molar-refractivity contribution in [3.8, 4) is 5.75 Å². The maximum atomic E-state index is 13.9. The molecule has 1 N–H and O–H groups in total. The fraction of sp³-hybridized carbons (Fsp3) is 0.200. The van der Waals surface area contributed by atoms with Crippen LogP contribution in [0.5, 0.6) is 5.75 Å². The van der Waals surface area contributed by atoms with Gasteiger partial charge in [0.05, 0.1) is 24.4 Å². The van der Waals surface area contributed by atoms with Crippen LogP contribution in [-0.4, -0.2) is 7.11 Å². The van der Waals surface area contributed by atoms with Crippen LogP contribution in [0.4, 0.5) is 18.9 Å². The number of hydrogen-bond donors (Lipinski definition) is 1. The number of anilines is 1. The first kappa shape index (κ1) is 14.2. The van der Waals surface area contributed by atoms with Crippen molar-refractivity contribution in [1.82, 2.24) is 0 Å². The lowest BCUT2D eigenvalue weighted by Crippen LogP contribution is -2.11. The van der Waals surface area contributed by atoms with E-state index >= 15 is 0 Å². The summed E-state index contributed by atoms with van der Waals surface area (Å²) in [6, 6.07) is 7.10. The molecule has 2 aromatic carbocycles. The molecule has 0 amide bonds. The van der Waals surface area contributed by atoms with E-state index < -0.39 is 23.5 Å². The van der Waals surface area contributed by atoms with E-state index in [1.54, 1.807) is 13.0 Å². The molecule has 0 aromatic heterocycles. The molecule has 0 radical (unpaired) electrons. The van der Waals surface area contributed by atoms with E-state index in [1.807, 2.05) is 0 Å². The number of ether oxygens (including phenoxy) is 1. The predicted octanol–water partition coefficient (Wildman–Crippen LogP) is 4.29. The molecule has 0 spiro atoms. The largest absolute Gasteiger partial charge is 0.496 e. The molecular formula is C15H14F3NO. The summed E-state index contributed by atoms with van der Waals surface area (Å²) in [6.45, 7) is 1.67. The van der Waals surface area contributed by atoms with E-state index in [2.05, 4.69) is 5.32 Å². The van der Waals surface area contributed by atoms with E-state index in [0.717, 1.165) is 12.1 Å². The standard InChI is InChI=1S/C15H14F3NO/c1-9(15-11(17)4-3-5-14(15)20-2)19-13-7-6-10(16)8-12(13)18/h3-9,19H,1-2H3. The summed E-state index contributed by atoms with van der Waals surface area (Å²) in [7, 11) is 1.43. The van der Waals surface area contributed by atoms with Gasteiger partial charge in [-0.25, -0.2) is 13.2 Å². The van der Waals surface area contributed by atoms with Crippen molar-refractivity contribution in [1.29, 1.82) is 0 Å². The second-order valence-electron chi connectivity index (χ2n) is 4.35. The number of benzene rings is 2. The molecule has 1 atom stereocenters. The molecule has 0 aliphatic rings. The third-order valence-corrected chi connectivity index (χ3v) is 2.97. The fourth-order valence-electron chi connectivity index (χ4n) is 2.03. The molecule has 0 aliphatic carbocycles. The zero-order chi connectivity index (χ0) is 14.7. The van der Waals surface area contributed by atoms with Crippen LogP contribution in [0.25, 0.3) is 0 Å². The summed E-state index contributed by atoms with van der Waals surface area (Å²) in [5.74, 6) is -1.48. The minimum atomic E-state index is -0.729. The van der Waals surface area contributed by atoms with Gasteiger partial charge in [-0.2, -0.15) is 0 Å². The molecule has 0 saturated carbocycles. The highest BCUT2D eigenvalue weighted by Crippen LogP contribution is 2.30. The van der Waals surface area contributed by atoms with Crippen molar-refractivity contribution in [3.63, 3.8) is 0 Å². The Balaban J connectivity index is 2.30. The monoisotopic (exact) mass is 281 g/mol. The molecule has 5 heteroatoms. The molecule has 2 nitrogen and oxygen atoms in total. The molecule has 2 aromatic rings. The average Bonchev–Trinajstić information content (AvgIpc) is 2.41. The summed E-state index contributed by atoms with van der Waals surface area (Å²) in [6.07, 6.45) is 0. The fourth-order valence-corrected chi connectivity index (χ4v) is 2.03. The van der Waals surface area contributed by atoms with Gasteiger partial charge in [0.1, 0.15) is 23.2 Å². The number of halogens is 3. The van der Waals surface area contributed by atoms with Gasteiger partial charge in [-0.1, -0.05) is 6.07 Å². The molecule has 0 heterocycles. The maximum absolute atomic E-state index is 13.9. The van der Waals surface area contributed by atoms with Crippen molar-refractivity contribution in [2.24, 2.45) is 0 Å². The average molecular weight is 281 g/mol. The third-order valence-electron chi connectivity index (χ3n) is 2.97. The van der Waals surface area contributed by atoms with Crippen LogP contribution >= 0.6 is 0 Å². The highest BCUT2D eigenvalue weighted by Gasteiger charge is 2.17. The van der Waals surface area contributed by atoms with E-state index in [9.17, 15) is 13.2 Å². The Morgan fingerprint density at radius 3 is 2.45 bits per heavy atom. The molecule has 106 valence electrons. The van der Waals surface area contributed by atoms with Gasteiger partial charge in [-0.05, 0) is 31.2 Å². The van der Waals surface area contributed by atoms with Gasteiger partial charge >= 0.3 is 0 Å². The van der Waals surface area contributed by atoms with Gasteiger partial charge in [0.15, 0.2) is 0 Å². The topological polar surface area (TPSA) is 21.3 Å². The van der Waals surface area contributed by atoms with Crippen LogP contribution in [0.2, 0.25) is 0 Å². The van der Waals surface area contributed by atoms with Crippen LogP contribution in [0.1, 0.15) is 18.5 Å². The van der Waals surface area contributed by atoms with Crippen LogP contribution < -0.4 is 10.1 Å². The van der Waals surface area contributed by atoms with Gasteiger partial charge in [0, 0.05) is 6.07 Å². The Morgan fingerprint density at radius 1 is 1.05 bits per heavy atom. The molecule has 0 bridgehead atoms.